The zero-order valence-electron chi connectivity index (χ0n) is 10.7. The predicted octanol–water partition coefficient (Wildman–Crippen LogP) is 2.03. The average Bonchev–Trinajstić information content (AvgIpc) is 2.87. The molecule has 0 radical (unpaired) electrons. The van der Waals surface area contributed by atoms with Crippen molar-refractivity contribution in [3.63, 3.8) is 0 Å². The summed E-state index contributed by atoms with van der Waals surface area (Å²) in [5.41, 5.74) is 2.64. The second kappa shape index (κ2) is 6.63. The minimum absolute atomic E-state index is 0. The number of aromatic nitrogens is 4. The van der Waals surface area contributed by atoms with Crippen LogP contribution in [-0.4, -0.2) is 19.6 Å². The van der Waals surface area contributed by atoms with E-state index in [1.165, 1.54) is 6.20 Å². The molecule has 8 heteroatoms. The number of nitrogens with zero attached hydrogens (tertiary/aromatic N) is 4. The average molecular weight is 292 g/mol. The first kappa shape index (κ1) is 15.6. The fourth-order valence-electron chi connectivity index (χ4n) is 1.73. The highest BCUT2D eigenvalue weighted by Crippen LogP contribution is 2.09. The van der Waals surface area contributed by atoms with Gasteiger partial charge < -0.3 is 5.32 Å². The molecule has 5 nitrogen and oxygen atoms in total. The van der Waals surface area contributed by atoms with Gasteiger partial charge in [0.1, 0.15) is 0 Å². The van der Waals surface area contributed by atoms with Gasteiger partial charge in [0.2, 0.25) is 0 Å². The van der Waals surface area contributed by atoms with E-state index in [0.29, 0.717) is 23.5 Å². The molecule has 2 heterocycles. The van der Waals surface area contributed by atoms with Crippen LogP contribution in [0.25, 0.3) is 0 Å². The number of rotatable bonds is 5. The van der Waals surface area contributed by atoms with Gasteiger partial charge in [-0.25, -0.2) is 4.68 Å². The maximum Gasteiger partial charge on any atom is 0.333 e. The lowest BCUT2D eigenvalue weighted by Crippen LogP contribution is -2.13. The maximum atomic E-state index is 12.3. The molecule has 0 spiro atoms. The summed E-state index contributed by atoms with van der Waals surface area (Å²) in [5.74, 6) is 0. The van der Waals surface area contributed by atoms with Crippen LogP contribution < -0.4 is 5.32 Å². The molecule has 0 amide bonds. The maximum absolute atomic E-state index is 12.3. The van der Waals surface area contributed by atoms with Gasteiger partial charge in [-0.15, -0.1) is 12.4 Å². The molecular weight excluding hydrogens is 276 g/mol. The van der Waals surface area contributed by atoms with Crippen molar-refractivity contribution in [3.8, 4) is 0 Å². The number of nitrogens with one attached hydrogen (secondary N) is 1. The number of hydrogen-bond donors (Lipinski definition) is 1. The van der Waals surface area contributed by atoms with Crippen molar-refractivity contribution < 1.29 is 8.78 Å². The minimum atomic E-state index is -2.58. The molecule has 2 aromatic rings. The van der Waals surface area contributed by atoms with Crippen molar-refractivity contribution >= 4 is 12.4 Å². The zero-order valence-corrected chi connectivity index (χ0v) is 11.5. The number of halogens is 3. The number of alkyl halides is 2. The Labute approximate surface area is 116 Å². The highest BCUT2D eigenvalue weighted by Gasteiger charge is 2.07. The minimum Gasteiger partial charge on any atom is -0.307 e. The van der Waals surface area contributed by atoms with Crippen LogP contribution in [0.4, 0.5) is 8.78 Å². The van der Waals surface area contributed by atoms with E-state index in [-0.39, 0.29) is 12.4 Å². The summed E-state index contributed by atoms with van der Waals surface area (Å²) in [5, 5.41) is 11.1. The Kier molecular flexibility index (Phi) is 5.44. The largest absolute Gasteiger partial charge is 0.333 e. The van der Waals surface area contributed by atoms with Gasteiger partial charge in [0.15, 0.2) is 0 Å². The van der Waals surface area contributed by atoms with Crippen LogP contribution >= 0.6 is 12.4 Å². The van der Waals surface area contributed by atoms with Crippen LogP contribution in [0.1, 0.15) is 23.5 Å². The lowest BCUT2D eigenvalue weighted by atomic mass is 10.2. The molecule has 0 aromatic carbocycles. The highest BCUT2D eigenvalue weighted by molar-refractivity contribution is 5.85. The SMILES string of the molecule is Cc1nn(C)cc1CNCc1ccn(C(F)F)n1.Cl. The molecule has 19 heavy (non-hydrogen) atoms. The first-order valence-corrected chi connectivity index (χ1v) is 5.58. The molecule has 0 fully saturated rings. The van der Waals surface area contributed by atoms with E-state index < -0.39 is 6.55 Å². The number of hydrogen-bond acceptors (Lipinski definition) is 3. The Morgan fingerprint density at radius 3 is 2.58 bits per heavy atom. The Balaban J connectivity index is 0.00000180. The predicted molar refractivity (Wildman–Crippen MR) is 69.2 cm³/mol. The molecule has 0 aliphatic heterocycles. The van der Waals surface area contributed by atoms with Gasteiger partial charge in [-0.1, -0.05) is 0 Å². The van der Waals surface area contributed by atoms with E-state index in [4.69, 9.17) is 0 Å². The summed E-state index contributed by atoms with van der Waals surface area (Å²) in [6.07, 6.45) is 3.21. The normalized spacial score (nSPS) is 10.8. The summed E-state index contributed by atoms with van der Waals surface area (Å²) >= 11 is 0. The van der Waals surface area contributed by atoms with Gasteiger partial charge in [-0.3, -0.25) is 4.68 Å². The van der Waals surface area contributed by atoms with Crippen LogP contribution in [0, 0.1) is 6.92 Å². The van der Waals surface area contributed by atoms with Crippen LogP contribution in [0.5, 0.6) is 0 Å². The monoisotopic (exact) mass is 291 g/mol. The molecule has 2 aromatic heterocycles. The van der Waals surface area contributed by atoms with Crippen LogP contribution in [0.2, 0.25) is 0 Å². The van der Waals surface area contributed by atoms with E-state index in [0.717, 1.165) is 11.3 Å². The van der Waals surface area contributed by atoms with Crippen molar-refractivity contribution in [1.29, 1.82) is 0 Å². The molecule has 0 bridgehead atoms. The third-order valence-electron chi connectivity index (χ3n) is 2.60. The summed E-state index contributed by atoms with van der Waals surface area (Å²) in [6.45, 7) is 0.442. The van der Waals surface area contributed by atoms with E-state index in [2.05, 4.69) is 15.5 Å². The topological polar surface area (TPSA) is 47.7 Å². The summed E-state index contributed by atoms with van der Waals surface area (Å²) in [4.78, 5) is 0. The van der Waals surface area contributed by atoms with Crippen molar-refractivity contribution in [3.05, 3.63) is 35.4 Å². The second-order valence-corrected chi connectivity index (χ2v) is 4.08. The first-order valence-electron chi connectivity index (χ1n) is 5.58. The van der Waals surface area contributed by atoms with Crippen molar-refractivity contribution in [1.82, 2.24) is 24.9 Å². The van der Waals surface area contributed by atoms with Gasteiger partial charge in [-0.2, -0.15) is 19.0 Å². The molecular formula is C11H16ClF2N5. The standard InChI is InChI=1S/C11H15F2N5.ClH/c1-8-9(7-17(2)15-8)5-14-6-10-3-4-18(16-10)11(12)13;/h3-4,7,11,14H,5-6H2,1-2H3;1H. The van der Waals surface area contributed by atoms with Gasteiger partial charge >= 0.3 is 6.55 Å². The van der Waals surface area contributed by atoms with Crippen LogP contribution in [0.15, 0.2) is 18.5 Å². The van der Waals surface area contributed by atoms with Gasteiger partial charge in [0, 0.05) is 38.1 Å². The van der Waals surface area contributed by atoms with E-state index >= 15 is 0 Å². The summed E-state index contributed by atoms with van der Waals surface area (Å²) in [7, 11) is 1.86. The van der Waals surface area contributed by atoms with Gasteiger partial charge in [0.05, 0.1) is 11.4 Å². The molecule has 0 saturated carbocycles. The summed E-state index contributed by atoms with van der Waals surface area (Å²) < 4.78 is 27.0. The van der Waals surface area contributed by atoms with Crippen LogP contribution in [0.3, 0.4) is 0 Å². The summed E-state index contributed by atoms with van der Waals surface area (Å²) in [6, 6.07) is 1.58. The fourth-order valence-corrected chi connectivity index (χ4v) is 1.73. The zero-order chi connectivity index (χ0) is 13.1. The Bertz CT molecular complexity index is 523. The molecule has 0 aliphatic rings. The van der Waals surface area contributed by atoms with Gasteiger partial charge in [-0.05, 0) is 13.0 Å². The number of aryl methyl sites for hydroxylation is 2. The highest BCUT2D eigenvalue weighted by atomic mass is 35.5. The Hall–Kier alpha value is -1.47. The first-order chi connectivity index (χ1) is 8.56. The smallest absolute Gasteiger partial charge is 0.307 e. The second-order valence-electron chi connectivity index (χ2n) is 4.08. The van der Waals surface area contributed by atoms with Crippen LogP contribution in [-0.2, 0) is 20.1 Å². The van der Waals surface area contributed by atoms with Crippen molar-refractivity contribution in [2.75, 3.05) is 0 Å². The van der Waals surface area contributed by atoms with Crippen molar-refractivity contribution in [2.24, 2.45) is 7.05 Å². The van der Waals surface area contributed by atoms with Crippen molar-refractivity contribution in [2.45, 2.75) is 26.6 Å². The Morgan fingerprint density at radius 1 is 1.32 bits per heavy atom. The van der Waals surface area contributed by atoms with E-state index in [1.54, 1.807) is 10.7 Å². The molecule has 0 aliphatic carbocycles. The van der Waals surface area contributed by atoms with E-state index in [9.17, 15) is 8.78 Å². The molecule has 1 N–H and O–H groups in total. The fraction of sp³-hybridized carbons (Fsp3) is 0.455. The van der Waals surface area contributed by atoms with Gasteiger partial charge in [0.25, 0.3) is 0 Å². The third kappa shape index (κ3) is 4.00. The molecule has 0 atom stereocenters. The quantitative estimate of drug-likeness (QED) is 0.917. The molecule has 106 valence electrons. The molecule has 2 rings (SSSR count). The molecule has 0 saturated heterocycles. The molecule has 0 unspecified atom stereocenters. The third-order valence-corrected chi connectivity index (χ3v) is 2.60. The lowest BCUT2D eigenvalue weighted by molar-refractivity contribution is 0.0561. The lowest BCUT2D eigenvalue weighted by Gasteiger charge is -2.01. The Morgan fingerprint density at radius 2 is 2.05 bits per heavy atom. The van der Waals surface area contributed by atoms with E-state index in [1.807, 2.05) is 20.2 Å².